The fraction of sp³-hybridized carbons (Fsp3) is 0.583. The molecule has 0 spiro atoms. The van der Waals surface area contributed by atoms with Gasteiger partial charge in [-0.05, 0) is 57.6 Å². The lowest BCUT2D eigenvalue weighted by molar-refractivity contribution is -0.260. The number of nitrogens with zero attached hydrogens (tertiary/aromatic N) is 1. The Bertz CT molecular complexity index is 852. The van der Waals surface area contributed by atoms with Crippen molar-refractivity contribution in [3.8, 4) is 11.5 Å². The van der Waals surface area contributed by atoms with Crippen molar-refractivity contribution in [2.24, 2.45) is 11.8 Å². The van der Waals surface area contributed by atoms with Crippen molar-refractivity contribution in [3.05, 3.63) is 41.8 Å². The second kappa shape index (κ2) is 9.94. The van der Waals surface area contributed by atoms with E-state index in [-0.39, 0.29) is 11.8 Å². The van der Waals surface area contributed by atoms with Gasteiger partial charge in [0.1, 0.15) is 5.76 Å². The Labute approximate surface area is 183 Å². The first-order valence-electron chi connectivity index (χ1n) is 11.2. The van der Waals surface area contributed by atoms with Crippen molar-refractivity contribution >= 4 is 5.91 Å². The number of nitrogens with one attached hydrogen (secondary N) is 1. The van der Waals surface area contributed by atoms with Crippen molar-refractivity contribution in [2.75, 3.05) is 33.0 Å². The summed E-state index contributed by atoms with van der Waals surface area (Å²) >= 11 is 0. The number of carbonyl (C=O) groups excluding carboxylic acids is 1. The Morgan fingerprint density at radius 1 is 1.13 bits per heavy atom. The van der Waals surface area contributed by atoms with Gasteiger partial charge in [0.15, 0.2) is 0 Å². The second-order valence-corrected chi connectivity index (χ2v) is 8.63. The lowest BCUT2D eigenvalue weighted by Crippen LogP contribution is -2.54. The smallest absolute Gasteiger partial charge is 0.280 e. The first-order valence-corrected chi connectivity index (χ1v) is 11.2. The van der Waals surface area contributed by atoms with Crippen LogP contribution < -0.4 is 5.32 Å². The summed E-state index contributed by atoms with van der Waals surface area (Å²) in [5.41, 5.74) is 1.94. The third-order valence-electron chi connectivity index (χ3n) is 6.20. The molecule has 2 fully saturated rings. The van der Waals surface area contributed by atoms with E-state index < -0.39 is 5.79 Å². The first kappa shape index (κ1) is 22.0. The van der Waals surface area contributed by atoms with Crippen LogP contribution in [0.15, 0.2) is 34.7 Å². The minimum Gasteiger partial charge on any atom is -0.441 e. The van der Waals surface area contributed by atoms with Gasteiger partial charge in [0.25, 0.3) is 5.91 Å². The van der Waals surface area contributed by atoms with Gasteiger partial charge >= 0.3 is 0 Å². The summed E-state index contributed by atoms with van der Waals surface area (Å²) in [6.07, 6.45) is 3.61. The van der Waals surface area contributed by atoms with E-state index in [0.717, 1.165) is 55.9 Å². The molecule has 31 heavy (non-hydrogen) atoms. The third kappa shape index (κ3) is 5.53. The lowest BCUT2D eigenvalue weighted by atomic mass is 10.00. The average Bonchev–Trinajstić information content (AvgIpc) is 3.19. The minimum absolute atomic E-state index is 0.197. The predicted molar refractivity (Wildman–Crippen MR) is 115 cm³/mol. The van der Waals surface area contributed by atoms with Gasteiger partial charge < -0.3 is 23.9 Å². The summed E-state index contributed by atoms with van der Waals surface area (Å²) < 4.78 is 23.0. The zero-order chi connectivity index (χ0) is 21.7. The molecule has 168 valence electrons. The third-order valence-corrected chi connectivity index (χ3v) is 6.20. The minimum atomic E-state index is -1.22. The van der Waals surface area contributed by atoms with Gasteiger partial charge in [-0.3, -0.25) is 4.79 Å². The molecule has 2 aliphatic rings. The largest absolute Gasteiger partial charge is 0.441 e. The van der Waals surface area contributed by atoms with E-state index in [1.165, 1.54) is 0 Å². The second-order valence-electron chi connectivity index (χ2n) is 8.63. The maximum Gasteiger partial charge on any atom is 0.280 e. The molecule has 0 bridgehead atoms. The summed E-state index contributed by atoms with van der Waals surface area (Å²) in [5.74, 6) is 0.757. The molecular weight excluding hydrogens is 396 g/mol. The standard InChI is InChI=1S/C24H32N2O5/c1-17-21(26-22(31-17)20-6-4-3-5-7-20)9-8-19-15-29-24(2,30-16-19)23(27)25-14-18-10-12-28-13-11-18/h3-7,18-19H,8-16H2,1-2H3,(H,25,27). The molecule has 2 saturated heterocycles. The molecule has 1 aromatic heterocycles. The Hall–Kier alpha value is -2.22. The molecule has 0 aliphatic carbocycles. The van der Waals surface area contributed by atoms with E-state index in [4.69, 9.17) is 18.6 Å². The molecule has 0 saturated carbocycles. The number of aryl methyl sites for hydroxylation is 2. The van der Waals surface area contributed by atoms with Crippen LogP contribution in [0.1, 0.15) is 37.6 Å². The van der Waals surface area contributed by atoms with Crippen molar-refractivity contribution in [1.29, 1.82) is 0 Å². The van der Waals surface area contributed by atoms with Crippen LogP contribution in [0.25, 0.3) is 11.5 Å². The number of carbonyl (C=O) groups is 1. The first-order chi connectivity index (χ1) is 15.0. The zero-order valence-corrected chi connectivity index (χ0v) is 18.4. The molecule has 0 unspecified atom stereocenters. The molecule has 1 aromatic carbocycles. The van der Waals surface area contributed by atoms with Crippen molar-refractivity contribution in [3.63, 3.8) is 0 Å². The van der Waals surface area contributed by atoms with Crippen LogP contribution in [0, 0.1) is 18.8 Å². The Kier molecular flexibility index (Phi) is 7.05. The Balaban J connectivity index is 1.23. The molecule has 2 aliphatic heterocycles. The van der Waals surface area contributed by atoms with E-state index in [1.807, 2.05) is 37.3 Å². The van der Waals surface area contributed by atoms with Crippen LogP contribution in [0.4, 0.5) is 0 Å². The molecule has 1 amide bonds. The number of benzene rings is 1. The van der Waals surface area contributed by atoms with E-state index in [2.05, 4.69) is 10.3 Å². The molecule has 2 aromatic rings. The summed E-state index contributed by atoms with van der Waals surface area (Å²) in [6, 6.07) is 9.91. The quantitative estimate of drug-likeness (QED) is 0.727. The molecule has 0 atom stereocenters. The highest BCUT2D eigenvalue weighted by molar-refractivity contribution is 5.83. The number of hydrogen-bond acceptors (Lipinski definition) is 6. The van der Waals surface area contributed by atoms with E-state index in [9.17, 15) is 4.79 Å². The molecule has 0 radical (unpaired) electrons. The van der Waals surface area contributed by atoms with Gasteiger partial charge in [-0.25, -0.2) is 4.98 Å². The SMILES string of the molecule is Cc1oc(-c2ccccc2)nc1CCC1COC(C)(C(=O)NCC2CCOCC2)OC1. The summed E-state index contributed by atoms with van der Waals surface area (Å²) in [6.45, 7) is 6.81. The molecule has 1 N–H and O–H groups in total. The van der Waals surface area contributed by atoms with Crippen LogP contribution in [0.3, 0.4) is 0 Å². The van der Waals surface area contributed by atoms with E-state index in [1.54, 1.807) is 6.92 Å². The van der Waals surface area contributed by atoms with Crippen LogP contribution in [0.5, 0.6) is 0 Å². The number of oxazole rings is 1. The van der Waals surface area contributed by atoms with Gasteiger partial charge in [-0.2, -0.15) is 0 Å². The fourth-order valence-electron chi connectivity index (χ4n) is 3.99. The van der Waals surface area contributed by atoms with Crippen molar-refractivity contribution < 1.29 is 23.4 Å². The molecule has 4 rings (SSSR count). The zero-order valence-electron chi connectivity index (χ0n) is 18.4. The monoisotopic (exact) mass is 428 g/mol. The summed E-state index contributed by atoms with van der Waals surface area (Å²) in [5, 5.41) is 2.99. The number of rotatable bonds is 7. The van der Waals surface area contributed by atoms with Crippen LogP contribution in [-0.2, 0) is 25.4 Å². The average molecular weight is 429 g/mol. The predicted octanol–water partition coefficient (Wildman–Crippen LogP) is 3.50. The highest BCUT2D eigenvalue weighted by Crippen LogP contribution is 2.27. The van der Waals surface area contributed by atoms with Gasteiger partial charge in [-0.15, -0.1) is 0 Å². The fourth-order valence-corrected chi connectivity index (χ4v) is 3.99. The Morgan fingerprint density at radius 2 is 1.84 bits per heavy atom. The molecule has 7 heteroatoms. The van der Waals surface area contributed by atoms with Gasteiger partial charge in [0.2, 0.25) is 11.7 Å². The highest BCUT2D eigenvalue weighted by atomic mass is 16.7. The number of amides is 1. The maximum absolute atomic E-state index is 12.6. The van der Waals surface area contributed by atoms with Crippen LogP contribution in [-0.4, -0.2) is 49.7 Å². The van der Waals surface area contributed by atoms with Crippen molar-refractivity contribution in [2.45, 2.75) is 45.3 Å². The number of aromatic nitrogens is 1. The van der Waals surface area contributed by atoms with Gasteiger partial charge in [0, 0.05) is 31.2 Å². The lowest BCUT2D eigenvalue weighted by Gasteiger charge is -2.36. The number of hydrogen-bond donors (Lipinski definition) is 1. The summed E-state index contributed by atoms with van der Waals surface area (Å²) in [7, 11) is 0. The number of ether oxygens (including phenoxy) is 3. The maximum atomic E-state index is 12.6. The van der Waals surface area contributed by atoms with Gasteiger partial charge in [0.05, 0.1) is 18.9 Å². The molecule has 3 heterocycles. The van der Waals surface area contributed by atoms with E-state index in [0.29, 0.717) is 31.6 Å². The normalized spacial score (nSPS) is 24.8. The molecular formula is C24H32N2O5. The van der Waals surface area contributed by atoms with Gasteiger partial charge in [-0.1, -0.05) is 18.2 Å². The summed E-state index contributed by atoms with van der Waals surface area (Å²) in [4.78, 5) is 17.3. The topological polar surface area (TPSA) is 82.8 Å². The highest BCUT2D eigenvalue weighted by Gasteiger charge is 2.40. The Morgan fingerprint density at radius 3 is 2.55 bits per heavy atom. The van der Waals surface area contributed by atoms with E-state index >= 15 is 0 Å². The van der Waals surface area contributed by atoms with Crippen LogP contribution >= 0.6 is 0 Å². The van der Waals surface area contributed by atoms with Crippen molar-refractivity contribution in [1.82, 2.24) is 10.3 Å². The molecule has 7 nitrogen and oxygen atoms in total. The van der Waals surface area contributed by atoms with Crippen LogP contribution in [0.2, 0.25) is 0 Å².